The molecule has 0 atom stereocenters. The van der Waals surface area contributed by atoms with Crippen molar-refractivity contribution in [2.24, 2.45) is 0 Å². The molecule has 0 fully saturated rings. The van der Waals surface area contributed by atoms with Gasteiger partial charge in [-0.1, -0.05) is 19.4 Å². The highest BCUT2D eigenvalue weighted by Crippen LogP contribution is 2.33. The molecule has 0 saturated heterocycles. The predicted molar refractivity (Wildman–Crippen MR) is 72.4 cm³/mol. The van der Waals surface area contributed by atoms with Crippen molar-refractivity contribution in [2.45, 2.75) is 32.6 Å². The Bertz CT molecular complexity index is 561. The van der Waals surface area contributed by atoms with Gasteiger partial charge >= 0.3 is 0 Å². The van der Waals surface area contributed by atoms with Crippen LogP contribution in [0.3, 0.4) is 0 Å². The Labute approximate surface area is 112 Å². The molecule has 0 unspecified atom stereocenters. The van der Waals surface area contributed by atoms with Crippen LogP contribution in [-0.2, 0) is 12.8 Å². The van der Waals surface area contributed by atoms with E-state index in [2.05, 4.69) is 18.8 Å². The molecule has 0 aromatic heterocycles. The molecule has 2 rings (SSSR count). The third-order valence-corrected chi connectivity index (χ3v) is 3.35. The molecule has 0 bridgehead atoms. The number of carbonyl (C=O) groups excluding carboxylic acids is 2. The molecule has 1 aliphatic heterocycles. The van der Waals surface area contributed by atoms with E-state index in [4.69, 9.17) is 0 Å². The minimum Gasteiger partial charge on any atom is -0.507 e. The summed E-state index contributed by atoms with van der Waals surface area (Å²) in [6.45, 7) is 5.75. The van der Waals surface area contributed by atoms with Crippen LogP contribution in [0.4, 0.5) is 0 Å². The van der Waals surface area contributed by atoms with E-state index < -0.39 is 11.8 Å². The first-order valence-corrected chi connectivity index (χ1v) is 6.44. The molecule has 1 aliphatic rings. The number of amides is 2. The highest BCUT2D eigenvalue weighted by Gasteiger charge is 2.32. The first kappa shape index (κ1) is 13.3. The van der Waals surface area contributed by atoms with Crippen molar-refractivity contribution in [3.63, 3.8) is 0 Å². The number of nitrogens with one attached hydrogen (secondary N) is 1. The van der Waals surface area contributed by atoms with E-state index in [0.29, 0.717) is 12.0 Å². The summed E-state index contributed by atoms with van der Waals surface area (Å²) >= 11 is 0. The van der Waals surface area contributed by atoms with Crippen molar-refractivity contribution in [3.8, 4) is 5.75 Å². The maximum absolute atomic E-state index is 11.7. The third-order valence-electron chi connectivity index (χ3n) is 3.35. The highest BCUT2D eigenvalue weighted by molar-refractivity contribution is 6.23. The van der Waals surface area contributed by atoms with Crippen molar-refractivity contribution < 1.29 is 14.7 Å². The van der Waals surface area contributed by atoms with Gasteiger partial charge in [-0.15, -0.1) is 6.58 Å². The lowest BCUT2D eigenvalue weighted by molar-refractivity contribution is 0.0879. The summed E-state index contributed by atoms with van der Waals surface area (Å²) in [6.07, 6.45) is 4.95. The first-order chi connectivity index (χ1) is 9.10. The number of hydrogen-bond acceptors (Lipinski definition) is 3. The molecular formula is C15H17NO3. The zero-order valence-corrected chi connectivity index (χ0v) is 11.0. The molecule has 4 heteroatoms. The largest absolute Gasteiger partial charge is 0.507 e. The zero-order valence-electron chi connectivity index (χ0n) is 11.0. The second-order valence-corrected chi connectivity index (χ2v) is 4.67. The lowest BCUT2D eigenvalue weighted by Gasteiger charge is -2.12. The van der Waals surface area contributed by atoms with Gasteiger partial charge in [-0.25, -0.2) is 0 Å². The van der Waals surface area contributed by atoms with E-state index in [-0.39, 0.29) is 16.9 Å². The Morgan fingerprint density at radius 2 is 2.11 bits per heavy atom. The van der Waals surface area contributed by atoms with Gasteiger partial charge in [0.2, 0.25) is 0 Å². The lowest BCUT2D eigenvalue weighted by Crippen LogP contribution is -2.19. The van der Waals surface area contributed by atoms with Crippen LogP contribution in [-0.4, -0.2) is 16.9 Å². The highest BCUT2D eigenvalue weighted by atomic mass is 16.3. The minimum atomic E-state index is -0.523. The number of phenolic OH excluding ortho intramolecular Hbond substituents is 1. The van der Waals surface area contributed by atoms with Gasteiger partial charge in [0, 0.05) is 5.56 Å². The van der Waals surface area contributed by atoms with Gasteiger partial charge in [0.15, 0.2) is 0 Å². The van der Waals surface area contributed by atoms with E-state index in [1.807, 2.05) is 0 Å². The molecule has 0 saturated carbocycles. The van der Waals surface area contributed by atoms with E-state index in [1.165, 1.54) is 0 Å². The summed E-state index contributed by atoms with van der Waals surface area (Å²) < 4.78 is 0. The number of hydrogen-bond donors (Lipinski definition) is 2. The molecule has 1 aromatic rings. The van der Waals surface area contributed by atoms with Crippen molar-refractivity contribution in [1.29, 1.82) is 0 Å². The van der Waals surface area contributed by atoms with E-state index in [0.717, 1.165) is 24.8 Å². The fourth-order valence-electron chi connectivity index (χ4n) is 2.37. The van der Waals surface area contributed by atoms with Gasteiger partial charge < -0.3 is 5.11 Å². The molecule has 100 valence electrons. The van der Waals surface area contributed by atoms with Crippen LogP contribution in [0.5, 0.6) is 5.75 Å². The monoisotopic (exact) mass is 259 g/mol. The number of aryl methyl sites for hydroxylation is 1. The number of carbonyl (C=O) groups is 2. The van der Waals surface area contributed by atoms with Crippen LogP contribution in [0.2, 0.25) is 0 Å². The summed E-state index contributed by atoms with van der Waals surface area (Å²) in [6, 6.07) is 1.73. The first-order valence-electron chi connectivity index (χ1n) is 6.44. The number of rotatable bonds is 5. The Morgan fingerprint density at radius 3 is 2.74 bits per heavy atom. The van der Waals surface area contributed by atoms with Crippen LogP contribution in [0, 0.1) is 0 Å². The SMILES string of the molecule is C=CCc1c(CCCC)cc2c(c1O)C(=O)NC2=O. The van der Waals surface area contributed by atoms with Gasteiger partial charge in [0.25, 0.3) is 11.8 Å². The molecule has 2 N–H and O–H groups in total. The second-order valence-electron chi connectivity index (χ2n) is 4.67. The van der Waals surface area contributed by atoms with E-state index in [1.54, 1.807) is 12.1 Å². The Kier molecular flexibility index (Phi) is 3.69. The molecule has 1 heterocycles. The normalized spacial score (nSPS) is 13.3. The number of imide groups is 1. The number of allylic oxidation sites excluding steroid dienone is 1. The van der Waals surface area contributed by atoms with Crippen molar-refractivity contribution in [1.82, 2.24) is 5.32 Å². The Hall–Kier alpha value is -2.10. The topological polar surface area (TPSA) is 66.4 Å². The average molecular weight is 259 g/mol. The van der Waals surface area contributed by atoms with Crippen molar-refractivity contribution in [3.05, 3.63) is 41.0 Å². The van der Waals surface area contributed by atoms with Crippen LogP contribution in [0.25, 0.3) is 0 Å². The van der Waals surface area contributed by atoms with Crippen molar-refractivity contribution in [2.75, 3.05) is 0 Å². The maximum Gasteiger partial charge on any atom is 0.262 e. The second kappa shape index (κ2) is 5.26. The number of unbranched alkanes of at least 4 members (excludes halogenated alkanes) is 1. The van der Waals surface area contributed by atoms with Crippen LogP contribution in [0.15, 0.2) is 18.7 Å². The number of phenols is 1. The van der Waals surface area contributed by atoms with Crippen LogP contribution < -0.4 is 5.32 Å². The smallest absolute Gasteiger partial charge is 0.262 e. The summed E-state index contributed by atoms with van der Waals surface area (Å²) in [5, 5.41) is 12.5. The standard InChI is InChI=1S/C15H17NO3/c1-3-5-7-9-8-11-12(15(19)16-14(11)18)13(17)10(9)6-4-2/h4,8,17H,2-3,5-7H2,1H3,(H,16,18,19). The maximum atomic E-state index is 11.7. The fourth-order valence-corrected chi connectivity index (χ4v) is 2.37. The summed E-state index contributed by atoms with van der Waals surface area (Å²) in [4.78, 5) is 23.3. The molecular weight excluding hydrogens is 242 g/mol. The van der Waals surface area contributed by atoms with E-state index >= 15 is 0 Å². The number of aromatic hydroxyl groups is 1. The minimum absolute atomic E-state index is 0.0770. The van der Waals surface area contributed by atoms with E-state index in [9.17, 15) is 14.7 Å². The quantitative estimate of drug-likeness (QED) is 0.630. The van der Waals surface area contributed by atoms with Gasteiger partial charge in [-0.2, -0.15) is 0 Å². The van der Waals surface area contributed by atoms with Crippen LogP contribution in [0.1, 0.15) is 51.6 Å². The summed E-state index contributed by atoms with van der Waals surface area (Å²) in [5.41, 5.74) is 2.00. The van der Waals surface area contributed by atoms with Gasteiger partial charge in [-0.3, -0.25) is 14.9 Å². The van der Waals surface area contributed by atoms with Crippen molar-refractivity contribution >= 4 is 11.8 Å². The zero-order chi connectivity index (χ0) is 14.0. The van der Waals surface area contributed by atoms with Crippen LogP contribution >= 0.6 is 0 Å². The molecule has 4 nitrogen and oxygen atoms in total. The summed E-state index contributed by atoms with van der Waals surface area (Å²) in [7, 11) is 0. The molecule has 19 heavy (non-hydrogen) atoms. The molecule has 1 aromatic carbocycles. The molecule has 0 aliphatic carbocycles. The Balaban J connectivity index is 2.58. The summed E-state index contributed by atoms with van der Waals surface area (Å²) in [5.74, 6) is -1.03. The number of fused-ring (bicyclic) bond motifs is 1. The number of benzene rings is 1. The lowest BCUT2D eigenvalue weighted by atomic mass is 9.93. The molecule has 0 radical (unpaired) electrons. The molecule has 2 amide bonds. The average Bonchev–Trinajstić information content (AvgIpc) is 2.66. The predicted octanol–water partition coefficient (Wildman–Crippen LogP) is 2.35. The van der Waals surface area contributed by atoms with Gasteiger partial charge in [-0.05, 0) is 30.9 Å². The Morgan fingerprint density at radius 1 is 1.37 bits per heavy atom. The third kappa shape index (κ3) is 2.26. The van der Waals surface area contributed by atoms with Gasteiger partial charge in [0.1, 0.15) is 5.75 Å². The fraction of sp³-hybridized carbons (Fsp3) is 0.333. The van der Waals surface area contributed by atoms with Gasteiger partial charge in [0.05, 0.1) is 11.1 Å². The molecule has 0 spiro atoms.